The summed E-state index contributed by atoms with van der Waals surface area (Å²) >= 11 is 13.3. The molecule has 0 heterocycles. The molecule has 0 aromatic heterocycles. The highest BCUT2D eigenvalue weighted by molar-refractivity contribution is 6.34. The van der Waals surface area contributed by atoms with Gasteiger partial charge in [0.15, 0.2) is 0 Å². The van der Waals surface area contributed by atoms with Gasteiger partial charge in [-0.15, -0.1) is 23.2 Å². The molecular weight excluding hydrogens is 227 g/mol. The maximum absolute atomic E-state index is 6.77. The third-order valence-corrected chi connectivity index (χ3v) is 6.32. The van der Waals surface area contributed by atoms with E-state index in [9.17, 15) is 0 Å². The quantitative estimate of drug-likeness (QED) is 0.585. The molecule has 0 aliphatic heterocycles. The molecule has 0 radical (unpaired) electrons. The second-order valence-electron chi connectivity index (χ2n) is 6.43. The zero-order valence-electron chi connectivity index (χ0n) is 11.5. The van der Waals surface area contributed by atoms with Crippen molar-refractivity contribution >= 4 is 23.2 Å². The maximum atomic E-state index is 6.77. The van der Waals surface area contributed by atoms with Crippen molar-refractivity contribution in [1.82, 2.24) is 0 Å². The van der Waals surface area contributed by atoms with E-state index >= 15 is 0 Å². The molecule has 2 heteroatoms. The Hall–Kier alpha value is 0.580. The average Bonchev–Trinajstić information content (AvgIpc) is 2.01. The molecule has 0 saturated carbocycles. The predicted molar refractivity (Wildman–Crippen MR) is 72.0 cm³/mol. The van der Waals surface area contributed by atoms with Gasteiger partial charge in [0.1, 0.15) is 0 Å². The molecule has 0 amide bonds. The third kappa shape index (κ3) is 2.47. The fourth-order valence-electron chi connectivity index (χ4n) is 1.69. The van der Waals surface area contributed by atoms with Crippen LogP contribution in [0.3, 0.4) is 0 Å². The molecule has 0 fully saturated rings. The van der Waals surface area contributed by atoms with E-state index in [0.29, 0.717) is 0 Å². The highest BCUT2D eigenvalue weighted by atomic mass is 35.5. The summed E-state index contributed by atoms with van der Waals surface area (Å²) in [6, 6.07) is 0. The molecule has 0 bridgehead atoms. The van der Waals surface area contributed by atoms with Crippen molar-refractivity contribution in [3.8, 4) is 0 Å². The molecule has 92 valence electrons. The zero-order valence-corrected chi connectivity index (χ0v) is 13.0. The van der Waals surface area contributed by atoms with Gasteiger partial charge in [0.05, 0.1) is 9.75 Å². The summed E-state index contributed by atoms with van der Waals surface area (Å²) in [4.78, 5) is -0.820. The average molecular weight is 253 g/mol. The Balaban J connectivity index is 5.38. The Kier molecular flexibility index (Phi) is 4.27. The van der Waals surface area contributed by atoms with E-state index in [1.54, 1.807) is 0 Å². The standard InChI is InChI=1S/C13H26Cl2/c1-9-12(7,14)13(8,15)11(5,6)10(2,3)4/h9H2,1-8H3. The number of alkyl halides is 2. The van der Waals surface area contributed by atoms with Crippen molar-refractivity contribution in [2.24, 2.45) is 10.8 Å². The van der Waals surface area contributed by atoms with Gasteiger partial charge in [-0.1, -0.05) is 41.5 Å². The molecule has 0 aromatic carbocycles. The number of hydrogen-bond acceptors (Lipinski definition) is 0. The summed E-state index contributed by atoms with van der Waals surface area (Å²) in [7, 11) is 0. The zero-order chi connectivity index (χ0) is 12.7. The highest BCUT2D eigenvalue weighted by Gasteiger charge is 2.55. The summed E-state index contributed by atoms with van der Waals surface area (Å²) in [5, 5.41) is 0. The summed E-state index contributed by atoms with van der Waals surface area (Å²) in [5.74, 6) is 0. The van der Waals surface area contributed by atoms with Gasteiger partial charge in [-0.2, -0.15) is 0 Å². The van der Waals surface area contributed by atoms with E-state index in [2.05, 4.69) is 48.5 Å². The lowest BCUT2D eigenvalue weighted by Gasteiger charge is -2.54. The van der Waals surface area contributed by atoms with Crippen molar-refractivity contribution in [1.29, 1.82) is 0 Å². The molecule has 2 unspecified atom stereocenters. The predicted octanol–water partition coefficient (Wildman–Crippen LogP) is 5.46. The molecular formula is C13H26Cl2. The van der Waals surface area contributed by atoms with Crippen molar-refractivity contribution in [3.05, 3.63) is 0 Å². The van der Waals surface area contributed by atoms with E-state index in [0.717, 1.165) is 6.42 Å². The van der Waals surface area contributed by atoms with Gasteiger partial charge < -0.3 is 0 Å². The van der Waals surface area contributed by atoms with Gasteiger partial charge >= 0.3 is 0 Å². The second-order valence-corrected chi connectivity index (χ2v) is 8.02. The SMILES string of the molecule is CCC(C)(Cl)C(C)(Cl)C(C)(C)C(C)(C)C. The molecule has 0 aliphatic carbocycles. The Bertz CT molecular complexity index is 219. The Morgan fingerprint density at radius 3 is 1.33 bits per heavy atom. The molecule has 0 rings (SSSR count). The van der Waals surface area contributed by atoms with Crippen LogP contribution in [0.1, 0.15) is 61.8 Å². The van der Waals surface area contributed by atoms with Gasteiger partial charge in [0.2, 0.25) is 0 Å². The molecule has 0 spiro atoms. The monoisotopic (exact) mass is 252 g/mol. The fourth-order valence-corrected chi connectivity index (χ4v) is 2.34. The minimum atomic E-state index is -0.436. The van der Waals surface area contributed by atoms with Crippen LogP contribution >= 0.6 is 23.2 Å². The molecule has 0 saturated heterocycles. The molecule has 0 nitrogen and oxygen atoms in total. The minimum Gasteiger partial charge on any atom is -0.118 e. The van der Waals surface area contributed by atoms with Crippen molar-refractivity contribution < 1.29 is 0 Å². The largest absolute Gasteiger partial charge is 0.118 e. The first kappa shape index (κ1) is 15.6. The van der Waals surface area contributed by atoms with E-state index in [1.807, 2.05) is 6.92 Å². The molecule has 15 heavy (non-hydrogen) atoms. The number of hydrogen-bond donors (Lipinski definition) is 0. The fraction of sp³-hybridized carbons (Fsp3) is 1.00. The Labute approximate surface area is 106 Å². The first-order valence-corrected chi connectivity index (χ1v) is 6.44. The molecule has 0 aliphatic rings. The Morgan fingerprint density at radius 2 is 1.13 bits per heavy atom. The topological polar surface area (TPSA) is 0 Å². The van der Waals surface area contributed by atoms with Gasteiger partial charge in [0, 0.05) is 0 Å². The molecule has 0 aromatic rings. The highest BCUT2D eigenvalue weighted by Crippen LogP contribution is 2.56. The van der Waals surface area contributed by atoms with E-state index < -0.39 is 4.87 Å². The van der Waals surface area contributed by atoms with Gasteiger partial charge in [-0.3, -0.25) is 0 Å². The Morgan fingerprint density at radius 1 is 0.800 bits per heavy atom. The molecule has 0 N–H and O–H groups in total. The van der Waals surface area contributed by atoms with Crippen LogP contribution in [-0.4, -0.2) is 9.75 Å². The summed E-state index contributed by atoms with van der Waals surface area (Å²) in [5.41, 5.74) is 0.0723. The van der Waals surface area contributed by atoms with Crippen LogP contribution in [0.2, 0.25) is 0 Å². The van der Waals surface area contributed by atoms with E-state index in [4.69, 9.17) is 23.2 Å². The number of halogens is 2. The smallest absolute Gasteiger partial charge is 0.0662 e. The van der Waals surface area contributed by atoms with Crippen LogP contribution in [0.15, 0.2) is 0 Å². The summed E-state index contributed by atoms with van der Waals surface area (Å²) in [6.07, 6.45) is 0.869. The van der Waals surface area contributed by atoms with Crippen LogP contribution in [0.25, 0.3) is 0 Å². The van der Waals surface area contributed by atoms with Crippen LogP contribution in [0, 0.1) is 10.8 Å². The van der Waals surface area contributed by atoms with Crippen LogP contribution in [-0.2, 0) is 0 Å². The van der Waals surface area contributed by atoms with Gasteiger partial charge in [-0.25, -0.2) is 0 Å². The lowest BCUT2D eigenvalue weighted by Crippen LogP contribution is -2.56. The van der Waals surface area contributed by atoms with Crippen molar-refractivity contribution in [2.45, 2.75) is 71.6 Å². The van der Waals surface area contributed by atoms with Crippen molar-refractivity contribution in [3.63, 3.8) is 0 Å². The maximum Gasteiger partial charge on any atom is 0.0662 e. The summed E-state index contributed by atoms with van der Waals surface area (Å²) < 4.78 is 0. The molecule has 2 atom stereocenters. The normalized spacial score (nSPS) is 22.0. The lowest BCUT2D eigenvalue weighted by atomic mass is 9.58. The van der Waals surface area contributed by atoms with E-state index in [-0.39, 0.29) is 15.7 Å². The van der Waals surface area contributed by atoms with Crippen molar-refractivity contribution in [2.75, 3.05) is 0 Å². The first-order valence-electron chi connectivity index (χ1n) is 5.69. The minimum absolute atomic E-state index is 0.0476. The number of rotatable bonds is 3. The van der Waals surface area contributed by atoms with Crippen LogP contribution in [0.4, 0.5) is 0 Å². The van der Waals surface area contributed by atoms with Gasteiger partial charge in [0.25, 0.3) is 0 Å². The first-order chi connectivity index (χ1) is 6.31. The lowest BCUT2D eigenvalue weighted by molar-refractivity contribution is 0.0607. The summed E-state index contributed by atoms with van der Waals surface area (Å²) in [6.45, 7) is 17.3. The van der Waals surface area contributed by atoms with E-state index in [1.165, 1.54) is 0 Å². The third-order valence-electron chi connectivity index (χ3n) is 4.69. The van der Waals surface area contributed by atoms with Crippen LogP contribution in [0.5, 0.6) is 0 Å². The van der Waals surface area contributed by atoms with Gasteiger partial charge in [-0.05, 0) is 31.1 Å². The second kappa shape index (κ2) is 4.11. The van der Waals surface area contributed by atoms with Crippen LogP contribution < -0.4 is 0 Å².